The maximum absolute atomic E-state index is 6.03. The molecule has 4 nitrogen and oxygen atoms in total. The highest BCUT2D eigenvalue weighted by molar-refractivity contribution is 5.86. The highest BCUT2D eigenvalue weighted by atomic mass is 16.5. The van der Waals surface area contributed by atoms with Gasteiger partial charge in [-0.05, 0) is 43.8 Å². The predicted octanol–water partition coefficient (Wildman–Crippen LogP) is 4.14. The number of fused-ring (bicyclic) bond motifs is 1. The standard InChI is InChI=1S/C20H25N3O/c1-3-22(4-2)14-9-15-24-20-13-8-12-19-18(20)16-21-23(19)17-10-6-5-7-11-17/h5-8,10-13,16H,3-4,9,14-15H2,1-2H3. The van der Waals surface area contributed by atoms with Crippen molar-refractivity contribution in [2.75, 3.05) is 26.2 Å². The molecule has 3 aromatic rings. The fraction of sp³-hybridized carbons (Fsp3) is 0.350. The molecule has 2 aromatic carbocycles. The number of benzene rings is 2. The second-order valence-corrected chi connectivity index (χ2v) is 5.81. The Morgan fingerprint density at radius 3 is 2.54 bits per heavy atom. The lowest BCUT2D eigenvalue weighted by Crippen LogP contribution is -2.25. The fourth-order valence-electron chi connectivity index (χ4n) is 2.94. The van der Waals surface area contributed by atoms with Gasteiger partial charge in [0.25, 0.3) is 0 Å². The van der Waals surface area contributed by atoms with E-state index < -0.39 is 0 Å². The van der Waals surface area contributed by atoms with Crippen molar-refractivity contribution in [3.8, 4) is 11.4 Å². The first-order valence-electron chi connectivity index (χ1n) is 8.70. The smallest absolute Gasteiger partial charge is 0.130 e. The Morgan fingerprint density at radius 1 is 1.00 bits per heavy atom. The van der Waals surface area contributed by atoms with E-state index >= 15 is 0 Å². The van der Waals surface area contributed by atoms with Gasteiger partial charge >= 0.3 is 0 Å². The Bertz CT molecular complexity index is 763. The zero-order valence-electron chi connectivity index (χ0n) is 14.5. The minimum absolute atomic E-state index is 0.728. The van der Waals surface area contributed by atoms with E-state index in [4.69, 9.17) is 4.74 Å². The molecule has 0 saturated heterocycles. The van der Waals surface area contributed by atoms with Crippen LogP contribution in [0.3, 0.4) is 0 Å². The zero-order valence-corrected chi connectivity index (χ0v) is 14.5. The molecule has 0 saturated carbocycles. The third kappa shape index (κ3) is 3.60. The van der Waals surface area contributed by atoms with Crippen LogP contribution in [-0.2, 0) is 0 Å². The van der Waals surface area contributed by atoms with Crippen molar-refractivity contribution in [3.05, 3.63) is 54.7 Å². The molecule has 0 fully saturated rings. The number of rotatable bonds is 8. The van der Waals surface area contributed by atoms with Crippen LogP contribution in [0.1, 0.15) is 20.3 Å². The van der Waals surface area contributed by atoms with E-state index in [1.54, 1.807) is 0 Å². The molecule has 0 spiro atoms. The minimum atomic E-state index is 0.728. The van der Waals surface area contributed by atoms with Crippen LogP contribution in [-0.4, -0.2) is 40.9 Å². The van der Waals surface area contributed by atoms with Gasteiger partial charge in [0.2, 0.25) is 0 Å². The number of hydrogen-bond donors (Lipinski definition) is 0. The number of nitrogens with zero attached hydrogens (tertiary/aromatic N) is 3. The monoisotopic (exact) mass is 323 g/mol. The maximum atomic E-state index is 6.03. The molecule has 0 amide bonds. The van der Waals surface area contributed by atoms with Crippen molar-refractivity contribution < 1.29 is 4.74 Å². The van der Waals surface area contributed by atoms with Crippen molar-refractivity contribution in [1.29, 1.82) is 0 Å². The van der Waals surface area contributed by atoms with Gasteiger partial charge in [0.1, 0.15) is 5.75 Å². The van der Waals surface area contributed by atoms with E-state index in [0.29, 0.717) is 0 Å². The maximum Gasteiger partial charge on any atom is 0.130 e. The lowest BCUT2D eigenvalue weighted by molar-refractivity contribution is 0.250. The summed E-state index contributed by atoms with van der Waals surface area (Å²) in [6, 6.07) is 16.3. The first-order valence-corrected chi connectivity index (χ1v) is 8.70. The van der Waals surface area contributed by atoms with Gasteiger partial charge in [-0.25, -0.2) is 4.68 Å². The minimum Gasteiger partial charge on any atom is -0.493 e. The molecule has 3 rings (SSSR count). The SMILES string of the molecule is CCN(CC)CCCOc1cccc2c1cnn2-c1ccccc1. The summed E-state index contributed by atoms with van der Waals surface area (Å²) in [7, 11) is 0. The summed E-state index contributed by atoms with van der Waals surface area (Å²) in [6.07, 6.45) is 2.92. The second-order valence-electron chi connectivity index (χ2n) is 5.81. The molecule has 4 heteroatoms. The molecule has 1 aromatic heterocycles. The van der Waals surface area contributed by atoms with E-state index in [2.05, 4.69) is 42.0 Å². The van der Waals surface area contributed by atoms with Gasteiger partial charge in [-0.1, -0.05) is 38.1 Å². The lowest BCUT2D eigenvalue weighted by atomic mass is 10.2. The summed E-state index contributed by atoms with van der Waals surface area (Å²) < 4.78 is 7.98. The Labute approximate surface area is 143 Å². The van der Waals surface area contributed by atoms with Crippen molar-refractivity contribution in [2.45, 2.75) is 20.3 Å². The average molecular weight is 323 g/mol. The summed E-state index contributed by atoms with van der Waals surface area (Å²) in [5, 5.41) is 5.60. The largest absolute Gasteiger partial charge is 0.493 e. The van der Waals surface area contributed by atoms with Gasteiger partial charge in [0, 0.05) is 6.54 Å². The van der Waals surface area contributed by atoms with Crippen molar-refractivity contribution in [1.82, 2.24) is 14.7 Å². The van der Waals surface area contributed by atoms with Crippen LogP contribution in [0.4, 0.5) is 0 Å². The summed E-state index contributed by atoms with van der Waals surface area (Å²) >= 11 is 0. The molecular weight excluding hydrogens is 298 g/mol. The lowest BCUT2D eigenvalue weighted by Gasteiger charge is -2.17. The number of ether oxygens (including phenoxy) is 1. The van der Waals surface area contributed by atoms with Gasteiger partial charge in [0.05, 0.1) is 29.4 Å². The number of aromatic nitrogens is 2. The van der Waals surface area contributed by atoms with E-state index in [-0.39, 0.29) is 0 Å². The topological polar surface area (TPSA) is 30.3 Å². The first kappa shape index (κ1) is 16.5. The van der Waals surface area contributed by atoms with Crippen molar-refractivity contribution >= 4 is 10.9 Å². The Hall–Kier alpha value is -2.33. The Kier molecular flexibility index (Phi) is 5.49. The summed E-state index contributed by atoms with van der Waals surface area (Å²) in [6.45, 7) is 8.39. The van der Waals surface area contributed by atoms with Crippen LogP contribution >= 0.6 is 0 Å². The molecule has 0 aliphatic carbocycles. The highest BCUT2D eigenvalue weighted by Gasteiger charge is 2.09. The van der Waals surface area contributed by atoms with E-state index in [1.807, 2.05) is 41.2 Å². The van der Waals surface area contributed by atoms with Crippen LogP contribution < -0.4 is 4.74 Å². The normalized spacial score (nSPS) is 11.3. The van der Waals surface area contributed by atoms with Crippen LogP contribution in [0.2, 0.25) is 0 Å². The zero-order chi connectivity index (χ0) is 16.8. The molecule has 0 atom stereocenters. The molecule has 24 heavy (non-hydrogen) atoms. The quantitative estimate of drug-likeness (QED) is 0.584. The number of hydrogen-bond acceptors (Lipinski definition) is 3. The summed E-state index contributed by atoms with van der Waals surface area (Å²) in [5.74, 6) is 0.911. The van der Waals surface area contributed by atoms with Gasteiger partial charge in [-0.15, -0.1) is 0 Å². The molecule has 1 heterocycles. The van der Waals surface area contributed by atoms with Crippen LogP contribution in [0.5, 0.6) is 5.75 Å². The molecule has 0 radical (unpaired) electrons. The van der Waals surface area contributed by atoms with Crippen LogP contribution in [0.15, 0.2) is 54.7 Å². The number of para-hydroxylation sites is 1. The van der Waals surface area contributed by atoms with Gasteiger partial charge < -0.3 is 9.64 Å². The molecule has 0 bridgehead atoms. The molecular formula is C20H25N3O. The second kappa shape index (κ2) is 7.97. The first-order chi connectivity index (χ1) is 11.8. The molecule has 0 unspecified atom stereocenters. The van der Waals surface area contributed by atoms with Crippen LogP contribution in [0.25, 0.3) is 16.6 Å². The van der Waals surface area contributed by atoms with Crippen molar-refractivity contribution in [2.24, 2.45) is 0 Å². The molecule has 126 valence electrons. The predicted molar refractivity (Wildman–Crippen MR) is 99.0 cm³/mol. The fourth-order valence-corrected chi connectivity index (χ4v) is 2.94. The molecule has 0 N–H and O–H groups in total. The Morgan fingerprint density at radius 2 is 1.79 bits per heavy atom. The van der Waals surface area contributed by atoms with Gasteiger partial charge in [-0.2, -0.15) is 5.10 Å². The third-order valence-corrected chi connectivity index (χ3v) is 4.35. The Balaban J connectivity index is 1.72. The van der Waals surface area contributed by atoms with E-state index in [0.717, 1.165) is 55.0 Å². The highest BCUT2D eigenvalue weighted by Crippen LogP contribution is 2.27. The van der Waals surface area contributed by atoms with Gasteiger partial charge in [-0.3, -0.25) is 0 Å². The molecule has 0 aliphatic heterocycles. The summed E-state index contributed by atoms with van der Waals surface area (Å²) in [5.41, 5.74) is 2.13. The van der Waals surface area contributed by atoms with E-state index in [1.165, 1.54) is 0 Å². The van der Waals surface area contributed by atoms with Gasteiger partial charge in [0.15, 0.2) is 0 Å². The van der Waals surface area contributed by atoms with E-state index in [9.17, 15) is 0 Å². The summed E-state index contributed by atoms with van der Waals surface area (Å²) in [4.78, 5) is 2.41. The third-order valence-electron chi connectivity index (χ3n) is 4.35. The van der Waals surface area contributed by atoms with Crippen molar-refractivity contribution in [3.63, 3.8) is 0 Å². The average Bonchev–Trinajstić information content (AvgIpc) is 3.07. The molecule has 0 aliphatic rings. The van der Waals surface area contributed by atoms with Crippen LogP contribution in [0, 0.1) is 0 Å².